The fourth-order valence-electron chi connectivity index (χ4n) is 1.46. The van der Waals surface area contributed by atoms with Gasteiger partial charge in [0.25, 0.3) is 0 Å². The molecule has 0 saturated carbocycles. The molecule has 12 heavy (non-hydrogen) atoms. The number of nitrogens with one attached hydrogen (secondary N) is 1. The van der Waals surface area contributed by atoms with Gasteiger partial charge in [0.15, 0.2) is 0 Å². The van der Waals surface area contributed by atoms with Crippen LogP contribution in [-0.4, -0.2) is 27.9 Å². The minimum atomic E-state index is 0.777. The van der Waals surface area contributed by atoms with Crippen LogP contribution in [-0.2, 0) is 13.0 Å². The lowest BCUT2D eigenvalue weighted by Gasteiger charge is -2.26. The minimum absolute atomic E-state index is 0.777. The van der Waals surface area contributed by atoms with E-state index in [1.165, 1.54) is 0 Å². The molecule has 2 heterocycles. The first-order valence-corrected chi connectivity index (χ1v) is 4.47. The van der Waals surface area contributed by atoms with Crippen molar-refractivity contribution in [3.8, 4) is 0 Å². The van der Waals surface area contributed by atoms with Gasteiger partial charge in [-0.1, -0.05) is 0 Å². The average molecular weight is 166 g/mol. The van der Waals surface area contributed by atoms with E-state index < -0.39 is 0 Å². The molecule has 1 N–H and O–H groups in total. The number of aromatic nitrogens is 3. The van der Waals surface area contributed by atoms with Crippen molar-refractivity contribution in [2.75, 3.05) is 13.1 Å². The lowest BCUT2D eigenvalue weighted by molar-refractivity contribution is 0.335. The molecule has 0 unspecified atom stereocenters. The van der Waals surface area contributed by atoms with Crippen LogP contribution in [0.25, 0.3) is 0 Å². The molecule has 4 heteroatoms. The highest BCUT2D eigenvalue weighted by atomic mass is 15.3. The summed E-state index contributed by atoms with van der Waals surface area (Å²) in [5.41, 5.74) is 0. The second kappa shape index (κ2) is 3.23. The van der Waals surface area contributed by atoms with Crippen molar-refractivity contribution in [1.29, 1.82) is 0 Å². The van der Waals surface area contributed by atoms with E-state index in [1.54, 1.807) is 6.33 Å². The molecule has 0 amide bonds. The molecular formula is C8H14N4. The number of nitrogens with zero attached hydrogens (tertiary/aromatic N) is 3. The zero-order valence-electron chi connectivity index (χ0n) is 7.32. The standard InChI is InChI=1S/C8H14N4/c1-2-12-8(10-6-11-12)3-7-4-9-5-7/h6-7,9H,2-5H2,1H3. The predicted octanol–water partition coefficient (Wildman–Crippen LogP) is 0.0599. The van der Waals surface area contributed by atoms with E-state index in [0.717, 1.165) is 37.8 Å². The number of aryl methyl sites for hydroxylation is 1. The van der Waals surface area contributed by atoms with Gasteiger partial charge in [0.1, 0.15) is 12.2 Å². The topological polar surface area (TPSA) is 42.7 Å². The van der Waals surface area contributed by atoms with Crippen LogP contribution in [0, 0.1) is 5.92 Å². The van der Waals surface area contributed by atoms with Crippen LogP contribution >= 0.6 is 0 Å². The molecule has 1 aliphatic rings. The van der Waals surface area contributed by atoms with Crippen molar-refractivity contribution < 1.29 is 0 Å². The van der Waals surface area contributed by atoms with Crippen molar-refractivity contribution in [3.05, 3.63) is 12.2 Å². The fourth-order valence-corrected chi connectivity index (χ4v) is 1.46. The Bertz CT molecular complexity index is 251. The third-order valence-corrected chi connectivity index (χ3v) is 2.33. The molecule has 0 spiro atoms. The van der Waals surface area contributed by atoms with Gasteiger partial charge in [-0.3, -0.25) is 4.68 Å². The van der Waals surface area contributed by atoms with Gasteiger partial charge in [0.05, 0.1) is 0 Å². The summed E-state index contributed by atoms with van der Waals surface area (Å²) < 4.78 is 1.97. The van der Waals surface area contributed by atoms with E-state index in [4.69, 9.17) is 0 Å². The van der Waals surface area contributed by atoms with Gasteiger partial charge in [-0.2, -0.15) is 5.10 Å². The molecule has 1 fully saturated rings. The summed E-state index contributed by atoms with van der Waals surface area (Å²) in [5.74, 6) is 1.91. The van der Waals surface area contributed by atoms with Gasteiger partial charge in [0, 0.05) is 13.0 Å². The molecule has 1 aromatic heterocycles. The van der Waals surface area contributed by atoms with Crippen LogP contribution in [0.3, 0.4) is 0 Å². The van der Waals surface area contributed by atoms with Crippen LogP contribution < -0.4 is 5.32 Å². The number of hydrogen-bond donors (Lipinski definition) is 1. The van der Waals surface area contributed by atoms with Gasteiger partial charge >= 0.3 is 0 Å². The molecule has 0 radical (unpaired) electrons. The van der Waals surface area contributed by atoms with E-state index in [0.29, 0.717) is 0 Å². The zero-order chi connectivity index (χ0) is 8.39. The van der Waals surface area contributed by atoms with Crippen molar-refractivity contribution in [2.45, 2.75) is 19.9 Å². The minimum Gasteiger partial charge on any atom is -0.316 e. The molecule has 0 bridgehead atoms. The summed E-state index contributed by atoms with van der Waals surface area (Å²) in [5, 5.41) is 7.38. The van der Waals surface area contributed by atoms with Crippen molar-refractivity contribution in [1.82, 2.24) is 20.1 Å². The molecular weight excluding hydrogens is 152 g/mol. The molecule has 0 aliphatic carbocycles. The highest BCUT2D eigenvalue weighted by molar-refractivity contribution is 4.91. The third kappa shape index (κ3) is 1.34. The molecule has 66 valence electrons. The maximum absolute atomic E-state index is 4.23. The zero-order valence-corrected chi connectivity index (χ0v) is 7.32. The Morgan fingerprint density at radius 2 is 2.50 bits per heavy atom. The Labute approximate surface area is 72.0 Å². The summed E-state index contributed by atoms with van der Waals surface area (Å²) in [6.45, 7) is 5.29. The van der Waals surface area contributed by atoms with Gasteiger partial charge in [0.2, 0.25) is 0 Å². The first-order valence-electron chi connectivity index (χ1n) is 4.47. The van der Waals surface area contributed by atoms with Gasteiger partial charge in [-0.15, -0.1) is 0 Å². The third-order valence-electron chi connectivity index (χ3n) is 2.33. The van der Waals surface area contributed by atoms with E-state index in [-0.39, 0.29) is 0 Å². The van der Waals surface area contributed by atoms with Crippen molar-refractivity contribution in [2.24, 2.45) is 5.92 Å². The predicted molar refractivity (Wildman–Crippen MR) is 45.8 cm³/mol. The largest absolute Gasteiger partial charge is 0.316 e. The lowest BCUT2D eigenvalue weighted by Crippen LogP contribution is -2.43. The first-order chi connectivity index (χ1) is 5.90. The molecule has 2 rings (SSSR count). The van der Waals surface area contributed by atoms with E-state index in [9.17, 15) is 0 Å². The maximum Gasteiger partial charge on any atom is 0.138 e. The molecule has 0 aromatic carbocycles. The summed E-state index contributed by atoms with van der Waals surface area (Å²) in [6, 6.07) is 0. The Morgan fingerprint density at radius 1 is 1.67 bits per heavy atom. The molecule has 1 aliphatic heterocycles. The van der Waals surface area contributed by atoms with E-state index in [1.807, 2.05) is 4.68 Å². The quantitative estimate of drug-likeness (QED) is 0.690. The first kappa shape index (κ1) is 7.73. The van der Waals surface area contributed by atoms with Gasteiger partial charge in [-0.05, 0) is 25.9 Å². The molecule has 0 atom stereocenters. The fraction of sp³-hybridized carbons (Fsp3) is 0.750. The number of rotatable bonds is 3. The van der Waals surface area contributed by atoms with E-state index in [2.05, 4.69) is 22.3 Å². The maximum atomic E-state index is 4.23. The van der Waals surface area contributed by atoms with Crippen molar-refractivity contribution in [3.63, 3.8) is 0 Å². The molecule has 1 aromatic rings. The van der Waals surface area contributed by atoms with Gasteiger partial charge in [-0.25, -0.2) is 4.98 Å². The van der Waals surface area contributed by atoms with Gasteiger partial charge < -0.3 is 5.32 Å². The molecule has 1 saturated heterocycles. The summed E-state index contributed by atoms with van der Waals surface area (Å²) in [7, 11) is 0. The van der Waals surface area contributed by atoms with Crippen molar-refractivity contribution >= 4 is 0 Å². The second-order valence-corrected chi connectivity index (χ2v) is 3.22. The Morgan fingerprint density at radius 3 is 3.08 bits per heavy atom. The Balaban J connectivity index is 2.00. The van der Waals surface area contributed by atoms with Crippen LogP contribution in [0.4, 0.5) is 0 Å². The SMILES string of the molecule is CCn1ncnc1CC1CNC1. The summed E-state index contributed by atoms with van der Waals surface area (Å²) >= 11 is 0. The van der Waals surface area contributed by atoms with Crippen LogP contribution in [0.15, 0.2) is 6.33 Å². The normalized spacial score (nSPS) is 17.8. The Hall–Kier alpha value is -0.900. The Kier molecular flexibility index (Phi) is 2.08. The average Bonchev–Trinajstić information content (AvgIpc) is 2.43. The monoisotopic (exact) mass is 166 g/mol. The highest BCUT2D eigenvalue weighted by Gasteiger charge is 2.19. The highest BCUT2D eigenvalue weighted by Crippen LogP contribution is 2.09. The number of hydrogen-bond acceptors (Lipinski definition) is 3. The second-order valence-electron chi connectivity index (χ2n) is 3.22. The van der Waals surface area contributed by atoms with Crippen LogP contribution in [0.2, 0.25) is 0 Å². The van der Waals surface area contributed by atoms with Crippen LogP contribution in [0.1, 0.15) is 12.7 Å². The molecule has 4 nitrogen and oxygen atoms in total. The van der Waals surface area contributed by atoms with Crippen LogP contribution in [0.5, 0.6) is 0 Å². The smallest absolute Gasteiger partial charge is 0.138 e. The summed E-state index contributed by atoms with van der Waals surface area (Å²) in [4.78, 5) is 4.23. The lowest BCUT2D eigenvalue weighted by atomic mass is 9.99. The summed E-state index contributed by atoms with van der Waals surface area (Å²) in [6.07, 6.45) is 2.71. The van der Waals surface area contributed by atoms with E-state index >= 15 is 0 Å².